The van der Waals surface area contributed by atoms with E-state index >= 15 is 0 Å². The highest BCUT2D eigenvalue weighted by Gasteiger charge is 2.32. The van der Waals surface area contributed by atoms with Crippen molar-refractivity contribution in [3.8, 4) is 0 Å². The maximum Gasteiger partial charge on any atom is 0.433 e. The molecule has 0 aliphatic rings. The van der Waals surface area contributed by atoms with Gasteiger partial charge in [0.1, 0.15) is 5.69 Å². The molecule has 0 saturated heterocycles. The van der Waals surface area contributed by atoms with Gasteiger partial charge >= 0.3 is 6.18 Å². The van der Waals surface area contributed by atoms with Gasteiger partial charge in [0.25, 0.3) is 0 Å². The van der Waals surface area contributed by atoms with Gasteiger partial charge in [0.15, 0.2) is 5.96 Å². The number of anilines is 1. The van der Waals surface area contributed by atoms with Crippen molar-refractivity contribution in [3.63, 3.8) is 0 Å². The van der Waals surface area contributed by atoms with Crippen molar-refractivity contribution in [1.29, 1.82) is 0 Å². The Labute approximate surface area is 183 Å². The topological polar surface area (TPSA) is 74.2 Å². The van der Waals surface area contributed by atoms with Crippen LogP contribution in [0.3, 0.4) is 0 Å². The van der Waals surface area contributed by atoms with E-state index < -0.39 is 11.9 Å². The second-order valence-electron chi connectivity index (χ2n) is 5.49. The minimum absolute atomic E-state index is 0. The molecule has 2 rings (SSSR count). The van der Waals surface area contributed by atoms with Crippen molar-refractivity contribution >= 4 is 47.5 Å². The molecule has 0 amide bonds. The second-order valence-corrected chi connectivity index (χ2v) is 5.93. The van der Waals surface area contributed by atoms with Crippen molar-refractivity contribution in [1.82, 2.24) is 20.6 Å². The number of hydrogen-bond acceptors (Lipinski definition) is 4. The van der Waals surface area contributed by atoms with Gasteiger partial charge in [-0.05, 0) is 30.2 Å². The van der Waals surface area contributed by atoms with Crippen LogP contribution in [-0.2, 0) is 12.6 Å². The second kappa shape index (κ2) is 11.9. The van der Waals surface area contributed by atoms with E-state index in [1.807, 2.05) is 24.3 Å². The molecule has 0 fully saturated rings. The fourth-order valence-electron chi connectivity index (χ4n) is 2.15. The lowest BCUT2D eigenvalue weighted by Crippen LogP contribution is -2.40. The van der Waals surface area contributed by atoms with Crippen molar-refractivity contribution in [2.45, 2.75) is 12.6 Å². The van der Waals surface area contributed by atoms with Crippen LogP contribution >= 0.6 is 35.6 Å². The SMILES string of the molecule is CN=C(NCCNc1nccc(C(F)(F)F)n1)NCCc1ccc(Cl)cc1.I. The largest absolute Gasteiger partial charge is 0.433 e. The number of rotatable bonds is 7. The molecular weight excluding hydrogens is 508 g/mol. The van der Waals surface area contributed by atoms with E-state index in [-0.39, 0.29) is 29.9 Å². The van der Waals surface area contributed by atoms with Crippen molar-refractivity contribution in [3.05, 3.63) is 52.8 Å². The highest BCUT2D eigenvalue weighted by atomic mass is 127. The Bertz CT molecular complexity index is 755. The molecule has 0 atom stereocenters. The van der Waals surface area contributed by atoms with Crippen LogP contribution in [0.1, 0.15) is 11.3 Å². The fourth-order valence-corrected chi connectivity index (χ4v) is 2.28. The predicted molar refractivity (Wildman–Crippen MR) is 115 cm³/mol. The van der Waals surface area contributed by atoms with Gasteiger partial charge in [-0.25, -0.2) is 9.97 Å². The van der Waals surface area contributed by atoms with E-state index in [0.29, 0.717) is 30.6 Å². The molecule has 1 aromatic carbocycles. The first-order valence-electron chi connectivity index (χ1n) is 8.21. The first-order valence-corrected chi connectivity index (χ1v) is 8.59. The summed E-state index contributed by atoms with van der Waals surface area (Å²) in [6.45, 7) is 1.44. The number of halogens is 5. The van der Waals surface area contributed by atoms with Crippen LogP contribution < -0.4 is 16.0 Å². The van der Waals surface area contributed by atoms with Crippen LogP contribution in [-0.4, -0.2) is 42.6 Å². The maximum atomic E-state index is 12.6. The highest BCUT2D eigenvalue weighted by molar-refractivity contribution is 14.0. The van der Waals surface area contributed by atoms with E-state index in [0.717, 1.165) is 24.2 Å². The molecule has 6 nitrogen and oxygen atoms in total. The maximum absolute atomic E-state index is 12.6. The van der Waals surface area contributed by atoms with Crippen LogP contribution in [0.15, 0.2) is 41.5 Å². The third-order valence-corrected chi connectivity index (χ3v) is 3.74. The monoisotopic (exact) mass is 528 g/mol. The number of nitrogens with one attached hydrogen (secondary N) is 3. The summed E-state index contributed by atoms with van der Waals surface area (Å²) in [6.07, 6.45) is -2.62. The fraction of sp³-hybridized carbons (Fsp3) is 0.353. The molecule has 1 heterocycles. The van der Waals surface area contributed by atoms with E-state index in [4.69, 9.17) is 11.6 Å². The molecule has 0 radical (unpaired) electrons. The predicted octanol–water partition coefficient (Wildman–Crippen LogP) is 3.59. The quantitative estimate of drug-likeness (QED) is 0.222. The standard InChI is InChI=1S/C17H20ClF3N6.HI/c1-22-15(23-8-6-12-2-4-13(18)5-3-12)25-10-11-26-16-24-9-7-14(27-16)17(19,20)21;/h2-5,7,9H,6,8,10-11H2,1H3,(H2,22,23,25)(H,24,26,27);1H. The number of aromatic nitrogens is 2. The molecule has 0 bridgehead atoms. The molecular formula is C17H21ClF3IN6. The average molecular weight is 529 g/mol. The lowest BCUT2D eigenvalue weighted by atomic mass is 10.1. The van der Waals surface area contributed by atoms with E-state index in [9.17, 15) is 13.2 Å². The van der Waals surface area contributed by atoms with Crippen LogP contribution in [0.2, 0.25) is 5.02 Å². The zero-order chi connectivity index (χ0) is 19.7. The Morgan fingerprint density at radius 3 is 2.39 bits per heavy atom. The van der Waals surface area contributed by atoms with Crippen molar-refractivity contribution in [2.24, 2.45) is 4.99 Å². The normalized spacial score (nSPS) is 11.5. The number of alkyl halides is 3. The van der Waals surface area contributed by atoms with E-state index in [2.05, 4.69) is 30.9 Å². The molecule has 0 saturated carbocycles. The summed E-state index contributed by atoms with van der Waals surface area (Å²) in [5.74, 6) is 0.521. The van der Waals surface area contributed by atoms with Gasteiger partial charge in [0.05, 0.1) is 0 Å². The molecule has 0 unspecified atom stereocenters. The van der Waals surface area contributed by atoms with Gasteiger partial charge in [-0.15, -0.1) is 24.0 Å². The minimum atomic E-state index is -4.49. The Kier molecular flexibility index (Phi) is 10.3. The summed E-state index contributed by atoms with van der Waals surface area (Å²) < 4.78 is 37.8. The van der Waals surface area contributed by atoms with Crippen LogP contribution in [0.4, 0.5) is 19.1 Å². The van der Waals surface area contributed by atoms with Crippen molar-refractivity contribution < 1.29 is 13.2 Å². The first kappa shape index (κ1) is 24.2. The Morgan fingerprint density at radius 2 is 1.75 bits per heavy atom. The lowest BCUT2D eigenvalue weighted by molar-refractivity contribution is -0.141. The van der Waals surface area contributed by atoms with Crippen LogP contribution in [0.25, 0.3) is 0 Å². The van der Waals surface area contributed by atoms with Crippen molar-refractivity contribution in [2.75, 3.05) is 32.0 Å². The number of benzene rings is 1. The average Bonchev–Trinajstić information content (AvgIpc) is 2.65. The third-order valence-electron chi connectivity index (χ3n) is 3.49. The molecule has 154 valence electrons. The zero-order valence-corrected chi connectivity index (χ0v) is 18.1. The highest BCUT2D eigenvalue weighted by Crippen LogP contribution is 2.27. The number of guanidine groups is 1. The summed E-state index contributed by atoms with van der Waals surface area (Å²) >= 11 is 5.85. The van der Waals surface area contributed by atoms with Gasteiger partial charge in [-0.2, -0.15) is 13.2 Å². The summed E-state index contributed by atoms with van der Waals surface area (Å²) in [6, 6.07) is 8.42. The van der Waals surface area contributed by atoms with E-state index in [1.165, 1.54) is 0 Å². The smallest absolute Gasteiger partial charge is 0.356 e. The summed E-state index contributed by atoms with van der Waals surface area (Å²) in [5, 5.41) is 9.66. The molecule has 3 N–H and O–H groups in total. The number of hydrogen-bond donors (Lipinski definition) is 3. The van der Waals surface area contributed by atoms with Gasteiger partial charge in [0, 0.05) is 37.9 Å². The molecule has 0 aliphatic carbocycles. The minimum Gasteiger partial charge on any atom is -0.356 e. The molecule has 11 heteroatoms. The van der Waals surface area contributed by atoms with Gasteiger partial charge < -0.3 is 16.0 Å². The van der Waals surface area contributed by atoms with Gasteiger partial charge in [-0.3, -0.25) is 4.99 Å². The molecule has 1 aromatic heterocycles. The molecule has 0 spiro atoms. The summed E-state index contributed by atoms with van der Waals surface area (Å²) in [5.41, 5.74) is 0.165. The molecule has 0 aliphatic heterocycles. The third kappa shape index (κ3) is 8.46. The van der Waals surface area contributed by atoms with Gasteiger partial charge in [0.2, 0.25) is 5.95 Å². The van der Waals surface area contributed by atoms with Crippen LogP contribution in [0.5, 0.6) is 0 Å². The summed E-state index contributed by atoms with van der Waals surface area (Å²) in [4.78, 5) is 11.3. The number of aliphatic imine (C=N–C) groups is 1. The Balaban J connectivity index is 0.00000392. The Hall–Kier alpha value is -1.82. The lowest BCUT2D eigenvalue weighted by Gasteiger charge is -2.13. The number of nitrogens with zero attached hydrogens (tertiary/aromatic N) is 3. The molecule has 2 aromatic rings. The van der Waals surface area contributed by atoms with Crippen LogP contribution in [0, 0.1) is 0 Å². The van der Waals surface area contributed by atoms with E-state index in [1.54, 1.807) is 7.05 Å². The Morgan fingerprint density at radius 1 is 1.07 bits per heavy atom. The zero-order valence-electron chi connectivity index (χ0n) is 15.1. The first-order chi connectivity index (χ1) is 12.9. The molecule has 28 heavy (non-hydrogen) atoms. The summed E-state index contributed by atoms with van der Waals surface area (Å²) in [7, 11) is 1.64. The van der Waals surface area contributed by atoms with Gasteiger partial charge in [-0.1, -0.05) is 23.7 Å².